The highest BCUT2D eigenvalue weighted by molar-refractivity contribution is 5.94. The van der Waals surface area contributed by atoms with Crippen molar-refractivity contribution in [3.05, 3.63) is 65.7 Å². The number of hydrogen-bond acceptors (Lipinski definition) is 2. The molecule has 3 nitrogen and oxygen atoms in total. The van der Waals surface area contributed by atoms with Gasteiger partial charge in [0.2, 0.25) is 0 Å². The van der Waals surface area contributed by atoms with E-state index < -0.39 is 0 Å². The molecule has 2 rings (SSSR count). The Morgan fingerprint density at radius 2 is 1.76 bits per heavy atom. The van der Waals surface area contributed by atoms with E-state index in [1.165, 1.54) is 0 Å². The Morgan fingerprint density at radius 1 is 1.10 bits per heavy atom. The first-order valence-corrected chi connectivity index (χ1v) is 7.26. The maximum atomic E-state index is 12.0. The van der Waals surface area contributed by atoms with Gasteiger partial charge in [-0.3, -0.25) is 4.79 Å². The number of benzene rings is 2. The van der Waals surface area contributed by atoms with Gasteiger partial charge in [0.15, 0.2) is 0 Å². The zero-order chi connectivity index (χ0) is 15.1. The standard InChI is InChI=1S/C18H21NO2/c1-3-14(2)19-18(20)16-9-11-17(12-10-16)21-13-15-7-5-4-6-8-15/h4-12,14H,3,13H2,1-2H3,(H,19,20)/t14-/m1/s1. The Bertz CT molecular complexity index is 564. The van der Waals surface area contributed by atoms with E-state index in [9.17, 15) is 4.79 Å². The van der Waals surface area contributed by atoms with Crippen molar-refractivity contribution in [3.63, 3.8) is 0 Å². The zero-order valence-corrected chi connectivity index (χ0v) is 12.5. The van der Waals surface area contributed by atoms with E-state index in [4.69, 9.17) is 4.74 Å². The van der Waals surface area contributed by atoms with E-state index in [0.717, 1.165) is 17.7 Å². The summed E-state index contributed by atoms with van der Waals surface area (Å²) in [5.74, 6) is 0.720. The van der Waals surface area contributed by atoms with Crippen LogP contribution >= 0.6 is 0 Å². The maximum absolute atomic E-state index is 12.0. The SMILES string of the molecule is CC[C@@H](C)NC(=O)c1ccc(OCc2ccccc2)cc1. The fraction of sp³-hybridized carbons (Fsp3) is 0.278. The predicted molar refractivity (Wildman–Crippen MR) is 84.4 cm³/mol. The van der Waals surface area contributed by atoms with Gasteiger partial charge >= 0.3 is 0 Å². The first-order valence-electron chi connectivity index (χ1n) is 7.26. The number of rotatable bonds is 6. The smallest absolute Gasteiger partial charge is 0.251 e. The molecule has 1 atom stereocenters. The summed E-state index contributed by atoms with van der Waals surface area (Å²) in [5.41, 5.74) is 1.78. The molecule has 21 heavy (non-hydrogen) atoms. The lowest BCUT2D eigenvalue weighted by atomic mass is 10.2. The summed E-state index contributed by atoms with van der Waals surface area (Å²) >= 11 is 0. The molecular formula is C18H21NO2. The van der Waals surface area contributed by atoms with Crippen LogP contribution in [0.5, 0.6) is 5.75 Å². The summed E-state index contributed by atoms with van der Waals surface area (Å²) in [6.45, 7) is 4.57. The van der Waals surface area contributed by atoms with Gasteiger partial charge in [0.1, 0.15) is 12.4 Å². The average Bonchev–Trinajstić information content (AvgIpc) is 2.54. The summed E-state index contributed by atoms with van der Waals surface area (Å²) in [6, 6.07) is 17.4. The molecule has 0 aliphatic heterocycles. The van der Waals surface area contributed by atoms with Crippen molar-refractivity contribution >= 4 is 5.91 Å². The molecule has 0 aliphatic rings. The Balaban J connectivity index is 1.91. The van der Waals surface area contributed by atoms with Gasteiger partial charge < -0.3 is 10.1 Å². The van der Waals surface area contributed by atoms with Crippen molar-refractivity contribution in [2.45, 2.75) is 32.9 Å². The molecule has 3 heteroatoms. The van der Waals surface area contributed by atoms with Crippen LogP contribution < -0.4 is 10.1 Å². The molecule has 0 aromatic heterocycles. The molecule has 0 spiro atoms. The minimum absolute atomic E-state index is 0.0426. The number of hydrogen-bond donors (Lipinski definition) is 1. The van der Waals surface area contributed by atoms with Crippen molar-refractivity contribution in [3.8, 4) is 5.75 Å². The van der Waals surface area contributed by atoms with Crippen LogP contribution in [0.3, 0.4) is 0 Å². The zero-order valence-electron chi connectivity index (χ0n) is 12.5. The highest BCUT2D eigenvalue weighted by atomic mass is 16.5. The van der Waals surface area contributed by atoms with E-state index in [1.54, 1.807) is 12.1 Å². The molecule has 1 N–H and O–H groups in total. The van der Waals surface area contributed by atoms with Crippen molar-refractivity contribution in [1.29, 1.82) is 0 Å². The van der Waals surface area contributed by atoms with Crippen LogP contribution in [-0.4, -0.2) is 11.9 Å². The monoisotopic (exact) mass is 283 g/mol. The van der Waals surface area contributed by atoms with E-state index in [0.29, 0.717) is 12.2 Å². The summed E-state index contributed by atoms with van der Waals surface area (Å²) in [4.78, 5) is 12.0. The van der Waals surface area contributed by atoms with Crippen molar-refractivity contribution in [1.82, 2.24) is 5.32 Å². The van der Waals surface area contributed by atoms with Gasteiger partial charge in [-0.2, -0.15) is 0 Å². The van der Waals surface area contributed by atoms with Gasteiger partial charge in [0.05, 0.1) is 0 Å². The summed E-state index contributed by atoms with van der Waals surface area (Å²) in [7, 11) is 0. The van der Waals surface area contributed by atoms with Crippen molar-refractivity contribution < 1.29 is 9.53 Å². The average molecular weight is 283 g/mol. The first-order chi connectivity index (χ1) is 10.2. The van der Waals surface area contributed by atoms with E-state index >= 15 is 0 Å². The topological polar surface area (TPSA) is 38.3 Å². The van der Waals surface area contributed by atoms with Crippen LogP contribution in [0.1, 0.15) is 36.2 Å². The lowest BCUT2D eigenvalue weighted by Crippen LogP contribution is -2.31. The van der Waals surface area contributed by atoms with Crippen LogP contribution in [-0.2, 0) is 6.61 Å². The Hall–Kier alpha value is -2.29. The number of carbonyl (C=O) groups is 1. The fourth-order valence-corrected chi connectivity index (χ4v) is 1.85. The number of amides is 1. The molecular weight excluding hydrogens is 262 g/mol. The highest BCUT2D eigenvalue weighted by Gasteiger charge is 2.08. The normalized spacial score (nSPS) is 11.7. The molecule has 0 radical (unpaired) electrons. The molecule has 0 heterocycles. The molecule has 1 amide bonds. The van der Waals surface area contributed by atoms with E-state index in [2.05, 4.69) is 5.32 Å². The lowest BCUT2D eigenvalue weighted by Gasteiger charge is -2.12. The Morgan fingerprint density at radius 3 is 2.38 bits per heavy atom. The van der Waals surface area contributed by atoms with Crippen LogP contribution in [0.4, 0.5) is 0 Å². The highest BCUT2D eigenvalue weighted by Crippen LogP contribution is 2.14. The van der Waals surface area contributed by atoms with E-state index in [1.807, 2.05) is 56.3 Å². The third-order valence-electron chi connectivity index (χ3n) is 3.35. The van der Waals surface area contributed by atoms with Gasteiger partial charge in [-0.05, 0) is 43.2 Å². The van der Waals surface area contributed by atoms with Gasteiger partial charge in [-0.1, -0.05) is 37.3 Å². The predicted octanol–water partition coefficient (Wildman–Crippen LogP) is 3.79. The first kappa shape index (κ1) is 15.1. The quantitative estimate of drug-likeness (QED) is 0.876. The molecule has 0 unspecified atom stereocenters. The number of carbonyl (C=O) groups excluding carboxylic acids is 1. The number of ether oxygens (including phenoxy) is 1. The molecule has 0 saturated carbocycles. The summed E-state index contributed by atoms with van der Waals surface area (Å²) in [6.07, 6.45) is 0.921. The molecule has 0 aliphatic carbocycles. The Kier molecular flexibility index (Phi) is 5.38. The second-order valence-electron chi connectivity index (χ2n) is 5.08. The molecule has 2 aromatic carbocycles. The van der Waals surface area contributed by atoms with Crippen molar-refractivity contribution in [2.24, 2.45) is 0 Å². The largest absolute Gasteiger partial charge is 0.489 e. The minimum atomic E-state index is -0.0426. The van der Waals surface area contributed by atoms with Crippen LogP contribution in [0.25, 0.3) is 0 Å². The number of nitrogens with one attached hydrogen (secondary N) is 1. The molecule has 2 aromatic rings. The molecule has 0 fully saturated rings. The second kappa shape index (κ2) is 7.48. The minimum Gasteiger partial charge on any atom is -0.489 e. The van der Waals surface area contributed by atoms with E-state index in [-0.39, 0.29) is 11.9 Å². The third-order valence-corrected chi connectivity index (χ3v) is 3.35. The molecule has 0 saturated heterocycles. The Labute approximate surface area is 126 Å². The van der Waals surface area contributed by atoms with Gasteiger partial charge in [0, 0.05) is 11.6 Å². The summed E-state index contributed by atoms with van der Waals surface area (Å²) < 4.78 is 5.70. The fourth-order valence-electron chi connectivity index (χ4n) is 1.85. The van der Waals surface area contributed by atoms with Crippen molar-refractivity contribution in [2.75, 3.05) is 0 Å². The van der Waals surface area contributed by atoms with Crippen LogP contribution in [0.2, 0.25) is 0 Å². The van der Waals surface area contributed by atoms with Gasteiger partial charge in [-0.25, -0.2) is 0 Å². The third kappa shape index (κ3) is 4.63. The van der Waals surface area contributed by atoms with Gasteiger partial charge in [-0.15, -0.1) is 0 Å². The maximum Gasteiger partial charge on any atom is 0.251 e. The van der Waals surface area contributed by atoms with Gasteiger partial charge in [0.25, 0.3) is 5.91 Å². The van der Waals surface area contributed by atoms with Crippen LogP contribution in [0.15, 0.2) is 54.6 Å². The second-order valence-corrected chi connectivity index (χ2v) is 5.08. The lowest BCUT2D eigenvalue weighted by molar-refractivity contribution is 0.0939. The molecule has 110 valence electrons. The van der Waals surface area contributed by atoms with Crippen LogP contribution in [0, 0.1) is 0 Å². The molecule has 0 bridgehead atoms. The summed E-state index contributed by atoms with van der Waals surface area (Å²) in [5, 5.41) is 2.94.